The Balaban J connectivity index is 1.55. The number of hydrogen-bond donors (Lipinski definition) is 1. The van der Waals surface area contributed by atoms with Gasteiger partial charge in [0.05, 0.1) is 23.3 Å². The van der Waals surface area contributed by atoms with Crippen molar-refractivity contribution in [3.8, 4) is 0 Å². The number of allylic oxidation sites excluding steroid dienone is 1. The van der Waals surface area contributed by atoms with Crippen LogP contribution in [0.25, 0.3) is 6.08 Å². The second kappa shape index (κ2) is 7.33. The van der Waals surface area contributed by atoms with E-state index in [0.29, 0.717) is 5.69 Å². The molecule has 0 aromatic carbocycles. The maximum atomic E-state index is 14.7. The molecule has 0 radical (unpaired) electrons. The number of nitrogens with zero attached hydrogens (tertiary/aromatic N) is 1. The predicted molar refractivity (Wildman–Crippen MR) is 115 cm³/mol. The minimum Gasteiger partial charge on any atom is -0.460 e. The largest absolute Gasteiger partial charge is 0.496 e. The SMILES string of the molecule is CC1OC(=O)C2(O)CC(F)(F)C(C)C(/C=C/c3ccc(B4OC(C)(C)C(C)(C)O4)cn3)C12. The van der Waals surface area contributed by atoms with Crippen molar-refractivity contribution in [1.29, 1.82) is 0 Å². The highest BCUT2D eigenvalue weighted by Gasteiger charge is 2.67. The van der Waals surface area contributed by atoms with E-state index in [2.05, 4.69) is 4.98 Å². The first-order valence-electron chi connectivity index (χ1n) is 11.0. The number of carbonyl (C=O) groups excluding carboxylic acids is 1. The summed E-state index contributed by atoms with van der Waals surface area (Å²) in [5.41, 5.74) is -1.79. The number of carbonyl (C=O) groups is 1. The third kappa shape index (κ3) is 3.58. The zero-order chi connectivity index (χ0) is 23.7. The minimum absolute atomic E-state index is 0.465. The van der Waals surface area contributed by atoms with Crippen molar-refractivity contribution in [1.82, 2.24) is 4.98 Å². The number of aliphatic hydroxyl groups is 1. The van der Waals surface area contributed by atoms with Crippen LogP contribution < -0.4 is 5.46 Å². The first-order valence-corrected chi connectivity index (χ1v) is 11.0. The number of pyridine rings is 1. The van der Waals surface area contributed by atoms with Crippen molar-refractivity contribution in [3.05, 3.63) is 30.1 Å². The van der Waals surface area contributed by atoms with Crippen LogP contribution in [-0.2, 0) is 18.8 Å². The number of hydrogen-bond acceptors (Lipinski definition) is 6. The van der Waals surface area contributed by atoms with Gasteiger partial charge in [-0.1, -0.05) is 19.1 Å². The first-order chi connectivity index (χ1) is 14.7. The van der Waals surface area contributed by atoms with E-state index in [1.54, 1.807) is 31.3 Å². The minimum atomic E-state index is -3.20. The number of halogens is 2. The number of esters is 1. The van der Waals surface area contributed by atoms with Gasteiger partial charge < -0.3 is 19.2 Å². The molecule has 0 bridgehead atoms. The fourth-order valence-corrected chi connectivity index (χ4v) is 4.93. The molecule has 0 amide bonds. The molecule has 1 aromatic rings. The van der Waals surface area contributed by atoms with E-state index in [-0.39, 0.29) is 0 Å². The van der Waals surface area contributed by atoms with Gasteiger partial charge in [-0.3, -0.25) is 4.98 Å². The molecule has 9 heteroatoms. The van der Waals surface area contributed by atoms with Gasteiger partial charge in [0, 0.05) is 23.5 Å². The van der Waals surface area contributed by atoms with E-state index in [0.717, 1.165) is 5.46 Å². The zero-order valence-corrected chi connectivity index (χ0v) is 19.3. The van der Waals surface area contributed by atoms with E-state index in [9.17, 15) is 18.7 Å². The zero-order valence-electron chi connectivity index (χ0n) is 19.3. The molecular formula is C23H30BF2NO5. The molecule has 4 rings (SSSR count). The van der Waals surface area contributed by atoms with E-state index in [4.69, 9.17) is 14.0 Å². The average molecular weight is 449 g/mol. The van der Waals surface area contributed by atoms with E-state index >= 15 is 0 Å². The summed E-state index contributed by atoms with van der Waals surface area (Å²) >= 11 is 0. The van der Waals surface area contributed by atoms with Crippen molar-refractivity contribution in [2.24, 2.45) is 17.8 Å². The molecule has 3 aliphatic rings. The second-order valence-corrected chi connectivity index (χ2v) is 10.3. The molecule has 1 aromatic heterocycles. The Kier molecular flexibility index (Phi) is 5.35. The number of alkyl halides is 2. The Morgan fingerprint density at radius 1 is 1.16 bits per heavy atom. The van der Waals surface area contributed by atoms with E-state index < -0.39 is 66.1 Å². The highest BCUT2D eigenvalue weighted by atomic mass is 19.3. The Hall–Kier alpha value is -1.84. The lowest BCUT2D eigenvalue weighted by molar-refractivity contribution is -0.193. The van der Waals surface area contributed by atoms with Gasteiger partial charge in [0.2, 0.25) is 0 Å². The molecule has 5 atom stereocenters. The quantitative estimate of drug-likeness (QED) is 0.565. The maximum Gasteiger partial charge on any atom is 0.496 e. The predicted octanol–water partition coefficient (Wildman–Crippen LogP) is 2.98. The standard InChI is InChI=1S/C23H30BF2NO5/c1-13-17(18-14(2)30-19(28)22(18,29)12-23(13,25)26)10-9-16-8-7-15(11-27-16)24-31-20(3,4)21(5,6)32-24/h7-11,13-14,17-18,29H,12H2,1-6H3/b10-9+. The molecule has 32 heavy (non-hydrogen) atoms. The van der Waals surface area contributed by atoms with Gasteiger partial charge in [0.1, 0.15) is 6.10 Å². The van der Waals surface area contributed by atoms with Crippen molar-refractivity contribution in [3.63, 3.8) is 0 Å². The lowest BCUT2D eigenvalue weighted by atomic mass is 9.62. The summed E-state index contributed by atoms with van der Waals surface area (Å²) in [6.45, 7) is 11.0. The number of fused-ring (bicyclic) bond motifs is 1. The summed E-state index contributed by atoms with van der Waals surface area (Å²) in [5.74, 6) is -6.73. The van der Waals surface area contributed by atoms with Gasteiger partial charge in [-0.15, -0.1) is 0 Å². The third-order valence-electron chi connectivity index (χ3n) is 7.69. The van der Waals surface area contributed by atoms with Gasteiger partial charge in [0.15, 0.2) is 5.60 Å². The lowest BCUT2D eigenvalue weighted by Gasteiger charge is -2.45. The molecule has 3 heterocycles. The Morgan fingerprint density at radius 3 is 2.34 bits per heavy atom. The summed E-state index contributed by atoms with van der Waals surface area (Å²) in [5, 5.41) is 10.8. The third-order valence-corrected chi connectivity index (χ3v) is 7.69. The molecule has 3 fully saturated rings. The van der Waals surface area contributed by atoms with Crippen LogP contribution in [0.2, 0.25) is 0 Å². The highest BCUT2D eigenvalue weighted by molar-refractivity contribution is 6.62. The Labute approximate surface area is 187 Å². The molecule has 6 nitrogen and oxygen atoms in total. The second-order valence-electron chi connectivity index (χ2n) is 10.3. The maximum absolute atomic E-state index is 14.7. The van der Waals surface area contributed by atoms with Crippen LogP contribution in [0.3, 0.4) is 0 Å². The number of rotatable bonds is 3. The molecule has 2 aliphatic heterocycles. The van der Waals surface area contributed by atoms with Crippen LogP contribution in [0.15, 0.2) is 24.4 Å². The van der Waals surface area contributed by atoms with Gasteiger partial charge in [-0.05, 0) is 52.7 Å². The van der Waals surface area contributed by atoms with Gasteiger partial charge >= 0.3 is 13.1 Å². The van der Waals surface area contributed by atoms with Gasteiger partial charge in [0.25, 0.3) is 5.92 Å². The van der Waals surface area contributed by atoms with E-state index in [1.807, 2.05) is 33.8 Å². The van der Waals surface area contributed by atoms with Crippen molar-refractivity contribution in [2.75, 3.05) is 0 Å². The van der Waals surface area contributed by atoms with Crippen LogP contribution in [0.5, 0.6) is 0 Å². The van der Waals surface area contributed by atoms with Crippen molar-refractivity contribution in [2.45, 2.75) is 76.8 Å². The molecular weight excluding hydrogens is 419 g/mol. The fourth-order valence-electron chi connectivity index (χ4n) is 4.93. The summed E-state index contributed by atoms with van der Waals surface area (Å²) in [4.78, 5) is 16.6. The molecule has 1 saturated carbocycles. The summed E-state index contributed by atoms with van der Waals surface area (Å²) in [6.07, 6.45) is 3.33. The smallest absolute Gasteiger partial charge is 0.460 e. The first kappa shape index (κ1) is 23.3. The summed E-state index contributed by atoms with van der Waals surface area (Å²) in [7, 11) is -0.542. The van der Waals surface area contributed by atoms with Gasteiger partial charge in [-0.25, -0.2) is 13.6 Å². The molecule has 0 spiro atoms. The Morgan fingerprint density at radius 2 is 1.78 bits per heavy atom. The van der Waals surface area contributed by atoms with Crippen LogP contribution in [-0.4, -0.2) is 52.0 Å². The summed E-state index contributed by atoms with van der Waals surface area (Å²) < 4.78 is 46.5. The van der Waals surface area contributed by atoms with Crippen LogP contribution in [0.4, 0.5) is 8.78 Å². The number of aromatic nitrogens is 1. The molecule has 5 unspecified atom stereocenters. The van der Waals surface area contributed by atoms with E-state index in [1.165, 1.54) is 6.92 Å². The molecule has 1 aliphatic carbocycles. The van der Waals surface area contributed by atoms with Crippen LogP contribution in [0.1, 0.15) is 53.7 Å². The highest BCUT2D eigenvalue weighted by Crippen LogP contribution is 2.54. The van der Waals surface area contributed by atoms with Crippen molar-refractivity contribution < 1.29 is 32.7 Å². The van der Waals surface area contributed by atoms with Crippen LogP contribution >= 0.6 is 0 Å². The lowest BCUT2D eigenvalue weighted by Crippen LogP contribution is -2.57. The van der Waals surface area contributed by atoms with Crippen LogP contribution in [0, 0.1) is 17.8 Å². The monoisotopic (exact) mass is 449 g/mol. The molecule has 1 N–H and O–H groups in total. The summed E-state index contributed by atoms with van der Waals surface area (Å²) in [6, 6.07) is 3.59. The Bertz CT molecular complexity index is 919. The average Bonchev–Trinajstić information content (AvgIpc) is 3.03. The molecule has 2 saturated heterocycles. The number of ether oxygens (including phenoxy) is 1. The molecule has 174 valence electrons. The normalized spacial score (nSPS) is 37.5. The van der Waals surface area contributed by atoms with Crippen molar-refractivity contribution >= 4 is 24.6 Å². The number of cyclic esters (lactones) is 1. The fraction of sp³-hybridized carbons (Fsp3) is 0.652. The van der Waals surface area contributed by atoms with Gasteiger partial charge in [-0.2, -0.15) is 0 Å². The topological polar surface area (TPSA) is 77.9 Å².